The van der Waals surface area contributed by atoms with E-state index in [0.29, 0.717) is 50.0 Å². The molecule has 1 rings (SSSR count). The van der Waals surface area contributed by atoms with E-state index in [9.17, 15) is 4.79 Å². The minimum atomic E-state index is -0.187. The number of methoxy groups -OCH3 is 1. The third-order valence-corrected chi connectivity index (χ3v) is 3.64. The fourth-order valence-electron chi connectivity index (χ4n) is 2.04. The predicted octanol–water partition coefficient (Wildman–Crippen LogP) is 2.30. The molecule has 0 aliphatic carbocycles. The lowest BCUT2D eigenvalue weighted by molar-refractivity contribution is 0.0702. The van der Waals surface area contributed by atoms with E-state index in [1.807, 2.05) is 6.92 Å². The number of carbonyl (C=O) groups is 1. The molecular weight excluding hydrogens is 483 g/mol. The van der Waals surface area contributed by atoms with Gasteiger partial charge in [0.1, 0.15) is 0 Å². The maximum atomic E-state index is 12.1. The molecule has 1 aromatic carbocycles. The second kappa shape index (κ2) is 17.0. The lowest BCUT2D eigenvalue weighted by atomic mass is 10.2. The normalized spacial score (nSPS) is 10.9. The number of carbonyl (C=O) groups excluding carboxylic acids is 1. The lowest BCUT2D eigenvalue weighted by Gasteiger charge is -2.12. The minimum Gasteiger partial charge on any atom is -0.382 e. The van der Waals surface area contributed by atoms with Gasteiger partial charge in [-0.1, -0.05) is 23.7 Å². The fourth-order valence-corrected chi connectivity index (χ4v) is 2.26. The van der Waals surface area contributed by atoms with E-state index in [4.69, 9.17) is 21.1 Å². The summed E-state index contributed by atoms with van der Waals surface area (Å²) in [5.74, 6) is 0.531. The monoisotopic (exact) mass is 512 g/mol. The van der Waals surface area contributed by atoms with Crippen LogP contribution in [0.4, 0.5) is 0 Å². The van der Waals surface area contributed by atoms with Crippen molar-refractivity contribution < 1.29 is 14.3 Å². The maximum absolute atomic E-state index is 12.1. The summed E-state index contributed by atoms with van der Waals surface area (Å²) in [6.07, 6.45) is 0.837. The Bertz CT molecular complexity index is 561. The van der Waals surface area contributed by atoms with Gasteiger partial charge < -0.3 is 25.4 Å². The molecule has 0 bridgehead atoms. The molecule has 1 aromatic rings. The number of amides is 1. The molecule has 27 heavy (non-hydrogen) atoms. The van der Waals surface area contributed by atoms with Gasteiger partial charge in [0.05, 0.1) is 23.8 Å². The number of hydrogen-bond donors (Lipinski definition) is 3. The molecule has 0 unspecified atom stereocenters. The van der Waals surface area contributed by atoms with Gasteiger partial charge in [-0.05, 0) is 25.5 Å². The van der Waals surface area contributed by atoms with Crippen LogP contribution in [0, 0.1) is 0 Å². The number of nitrogens with one attached hydrogen (secondary N) is 3. The Labute approximate surface area is 183 Å². The molecule has 0 saturated heterocycles. The summed E-state index contributed by atoms with van der Waals surface area (Å²) < 4.78 is 10.3. The van der Waals surface area contributed by atoms with Gasteiger partial charge >= 0.3 is 0 Å². The summed E-state index contributed by atoms with van der Waals surface area (Å²) in [4.78, 5) is 16.5. The molecule has 0 aliphatic heterocycles. The Hall–Kier alpha value is -1.10. The SMILES string of the molecule is CCNC(=NCCCOCCOC)NCCNC(=O)c1ccccc1Cl.I. The van der Waals surface area contributed by atoms with Crippen molar-refractivity contribution in [2.75, 3.05) is 53.1 Å². The van der Waals surface area contributed by atoms with Gasteiger partial charge in [-0.15, -0.1) is 24.0 Å². The van der Waals surface area contributed by atoms with Crippen molar-refractivity contribution in [3.8, 4) is 0 Å². The molecule has 7 nitrogen and oxygen atoms in total. The van der Waals surface area contributed by atoms with E-state index in [0.717, 1.165) is 18.9 Å². The summed E-state index contributed by atoms with van der Waals surface area (Å²) in [7, 11) is 1.65. The largest absolute Gasteiger partial charge is 0.382 e. The van der Waals surface area contributed by atoms with Crippen LogP contribution in [0.3, 0.4) is 0 Å². The first-order valence-electron chi connectivity index (χ1n) is 8.80. The molecule has 0 aromatic heterocycles. The first kappa shape index (κ1) is 25.9. The highest BCUT2D eigenvalue weighted by Crippen LogP contribution is 2.14. The van der Waals surface area contributed by atoms with Gasteiger partial charge in [0.2, 0.25) is 0 Å². The summed E-state index contributed by atoms with van der Waals surface area (Å²) in [6, 6.07) is 6.98. The molecule has 3 N–H and O–H groups in total. The van der Waals surface area contributed by atoms with E-state index >= 15 is 0 Å². The minimum absolute atomic E-state index is 0. The summed E-state index contributed by atoms with van der Waals surface area (Å²) in [6.45, 7) is 6.32. The molecule has 0 radical (unpaired) electrons. The van der Waals surface area contributed by atoms with E-state index in [-0.39, 0.29) is 29.9 Å². The Kier molecular flexibility index (Phi) is 16.3. The molecular formula is C18H30ClIN4O3. The number of nitrogens with zero attached hydrogens (tertiary/aromatic N) is 1. The van der Waals surface area contributed by atoms with Crippen LogP contribution in [0.15, 0.2) is 29.3 Å². The van der Waals surface area contributed by atoms with Crippen molar-refractivity contribution in [3.05, 3.63) is 34.9 Å². The summed E-state index contributed by atoms with van der Waals surface area (Å²) >= 11 is 6.01. The fraction of sp³-hybridized carbons (Fsp3) is 0.556. The topological polar surface area (TPSA) is 84.0 Å². The van der Waals surface area contributed by atoms with Gasteiger partial charge in [-0.3, -0.25) is 9.79 Å². The zero-order valence-corrected chi connectivity index (χ0v) is 19.0. The van der Waals surface area contributed by atoms with Crippen LogP contribution in [-0.2, 0) is 9.47 Å². The highest BCUT2D eigenvalue weighted by atomic mass is 127. The molecule has 0 fully saturated rings. The lowest BCUT2D eigenvalue weighted by Crippen LogP contribution is -2.41. The number of ether oxygens (including phenoxy) is 2. The Balaban J connectivity index is 0.00000676. The summed E-state index contributed by atoms with van der Waals surface area (Å²) in [5.41, 5.74) is 0.475. The zero-order chi connectivity index (χ0) is 19.0. The average molecular weight is 513 g/mol. The van der Waals surface area contributed by atoms with Crippen molar-refractivity contribution in [2.24, 2.45) is 4.99 Å². The highest BCUT2D eigenvalue weighted by Gasteiger charge is 2.08. The molecule has 0 saturated carbocycles. The number of guanidine groups is 1. The third kappa shape index (κ3) is 12.1. The Morgan fingerprint density at radius 2 is 1.85 bits per heavy atom. The quantitative estimate of drug-likeness (QED) is 0.173. The number of halogens is 2. The van der Waals surface area contributed by atoms with Gasteiger partial charge in [-0.25, -0.2) is 0 Å². The molecule has 1 amide bonds. The van der Waals surface area contributed by atoms with Gasteiger partial charge in [0.15, 0.2) is 5.96 Å². The molecule has 154 valence electrons. The third-order valence-electron chi connectivity index (χ3n) is 3.31. The number of hydrogen-bond acceptors (Lipinski definition) is 4. The van der Waals surface area contributed by atoms with Crippen LogP contribution >= 0.6 is 35.6 Å². The summed E-state index contributed by atoms with van der Waals surface area (Å²) in [5, 5.41) is 9.63. The smallest absolute Gasteiger partial charge is 0.252 e. The second-order valence-electron chi connectivity index (χ2n) is 5.38. The highest BCUT2D eigenvalue weighted by molar-refractivity contribution is 14.0. The van der Waals surface area contributed by atoms with Gasteiger partial charge in [0.25, 0.3) is 5.91 Å². The Morgan fingerprint density at radius 1 is 1.11 bits per heavy atom. The standard InChI is InChI=1S/C18H29ClN4O3.HI/c1-3-20-18(22-9-6-12-26-14-13-25-2)23-11-10-21-17(24)15-7-4-5-8-16(15)19;/h4-5,7-8H,3,6,9-14H2,1-2H3,(H,21,24)(H2,20,22,23);1H. The van der Waals surface area contributed by atoms with Crippen LogP contribution in [0.2, 0.25) is 5.02 Å². The molecule has 9 heteroatoms. The second-order valence-corrected chi connectivity index (χ2v) is 5.79. The van der Waals surface area contributed by atoms with Crippen molar-refractivity contribution in [1.82, 2.24) is 16.0 Å². The molecule has 0 aliphatic rings. The van der Waals surface area contributed by atoms with Crippen molar-refractivity contribution in [1.29, 1.82) is 0 Å². The average Bonchev–Trinajstić information content (AvgIpc) is 2.64. The van der Waals surface area contributed by atoms with E-state index in [2.05, 4.69) is 20.9 Å². The van der Waals surface area contributed by atoms with E-state index < -0.39 is 0 Å². The van der Waals surface area contributed by atoms with Crippen molar-refractivity contribution in [3.63, 3.8) is 0 Å². The molecule has 0 spiro atoms. The Morgan fingerprint density at radius 3 is 2.56 bits per heavy atom. The van der Waals surface area contributed by atoms with Crippen LogP contribution in [-0.4, -0.2) is 65.0 Å². The van der Waals surface area contributed by atoms with E-state index in [1.54, 1.807) is 31.4 Å². The maximum Gasteiger partial charge on any atom is 0.252 e. The zero-order valence-electron chi connectivity index (χ0n) is 15.9. The number of benzene rings is 1. The number of rotatable bonds is 12. The van der Waals surface area contributed by atoms with Crippen molar-refractivity contribution >= 4 is 47.4 Å². The van der Waals surface area contributed by atoms with E-state index in [1.165, 1.54) is 0 Å². The number of aliphatic imine (C=N–C) groups is 1. The van der Waals surface area contributed by atoms with Crippen LogP contribution in [0.5, 0.6) is 0 Å². The first-order valence-corrected chi connectivity index (χ1v) is 9.18. The molecule has 0 atom stereocenters. The van der Waals surface area contributed by atoms with Crippen LogP contribution in [0.25, 0.3) is 0 Å². The van der Waals surface area contributed by atoms with Gasteiger partial charge in [-0.2, -0.15) is 0 Å². The van der Waals surface area contributed by atoms with Crippen LogP contribution < -0.4 is 16.0 Å². The van der Waals surface area contributed by atoms with Crippen molar-refractivity contribution in [2.45, 2.75) is 13.3 Å². The molecule has 0 heterocycles. The van der Waals surface area contributed by atoms with Crippen LogP contribution in [0.1, 0.15) is 23.7 Å². The van der Waals surface area contributed by atoms with Gasteiger partial charge in [0, 0.05) is 39.9 Å². The first-order chi connectivity index (χ1) is 12.7. The predicted molar refractivity (Wildman–Crippen MR) is 120 cm³/mol.